The van der Waals surface area contributed by atoms with Gasteiger partial charge in [-0.3, -0.25) is 4.79 Å². The summed E-state index contributed by atoms with van der Waals surface area (Å²) in [6.07, 6.45) is -0.482. The van der Waals surface area contributed by atoms with Gasteiger partial charge in [0.05, 0.1) is 6.61 Å². The van der Waals surface area contributed by atoms with Gasteiger partial charge in [-0.15, -0.1) is 0 Å². The van der Waals surface area contributed by atoms with E-state index in [2.05, 4.69) is 13.8 Å². The minimum Gasteiger partial charge on any atom is -0.435 e. The molecule has 0 aromatic rings. The van der Waals surface area contributed by atoms with E-state index >= 15 is 0 Å². The third kappa shape index (κ3) is 3.79. The molecule has 1 N–H and O–H groups in total. The highest BCUT2D eigenvalue weighted by Gasteiger charge is 2.48. The highest BCUT2D eigenvalue weighted by molar-refractivity contribution is 5.66. The van der Waals surface area contributed by atoms with Gasteiger partial charge in [-0.25, -0.2) is 4.79 Å². The highest BCUT2D eigenvalue weighted by atomic mass is 16.7. The molecule has 0 spiro atoms. The zero-order chi connectivity index (χ0) is 17.1. The van der Waals surface area contributed by atoms with Crippen LogP contribution in [0.1, 0.15) is 48.0 Å². The van der Waals surface area contributed by atoms with E-state index in [0.717, 1.165) is 0 Å². The molecule has 0 aromatic carbocycles. The molecule has 5 atom stereocenters. The number of hydrogen-bond donors (Lipinski definition) is 1. The summed E-state index contributed by atoms with van der Waals surface area (Å²) < 4.78 is 9.94. The summed E-state index contributed by atoms with van der Waals surface area (Å²) in [4.78, 5) is 23.1. The molecule has 0 aliphatic carbocycles. The highest BCUT2D eigenvalue weighted by Crippen LogP contribution is 2.41. The topological polar surface area (TPSA) is 76.1 Å². The molecule has 5 unspecified atom stereocenters. The van der Waals surface area contributed by atoms with Gasteiger partial charge >= 0.3 is 6.16 Å². The number of aldehydes is 1. The van der Waals surface area contributed by atoms with E-state index in [1.54, 1.807) is 6.92 Å². The van der Waals surface area contributed by atoms with Gasteiger partial charge < -0.3 is 14.7 Å². The second-order valence-electron chi connectivity index (χ2n) is 6.82. The molecule has 0 bridgehead atoms. The number of ether oxygens (including phenoxy) is 2. The Morgan fingerprint density at radius 1 is 1.41 bits per heavy atom. The summed E-state index contributed by atoms with van der Waals surface area (Å²) in [5, 5.41) is 11.9. The second-order valence-corrected chi connectivity index (χ2v) is 6.82. The molecule has 0 aromatic heterocycles. The van der Waals surface area contributed by atoms with Crippen molar-refractivity contribution in [1.29, 1.82) is 0 Å². The van der Waals surface area contributed by atoms with Crippen LogP contribution in [-0.4, -0.2) is 47.0 Å². The fourth-order valence-electron chi connectivity index (χ4n) is 3.30. The summed E-state index contributed by atoms with van der Waals surface area (Å²) in [7, 11) is 0. The molecular weight excluding hydrogens is 286 g/mol. The van der Waals surface area contributed by atoms with Gasteiger partial charge in [0.15, 0.2) is 12.4 Å². The van der Waals surface area contributed by atoms with Gasteiger partial charge in [0.25, 0.3) is 0 Å². The first-order chi connectivity index (χ1) is 10.2. The van der Waals surface area contributed by atoms with E-state index in [1.807, 2.05) is 20.8 Å². The van der Waals surface area contributed by atoms with Crippen molar-refractivity contribution in [3.8, 4) is 0 Å². The summed E-state index contributed by atoms with van der Waals surface area (Å²) in [6, 6.07) is -0.0510. The predicted octanol–water partition coefficient (Wildman–Crippen LogP) is 2.88. The lowest BCUT2D eigenvalue weighted by Gasteiger charge is -2.42. The molecule has 1 aliphatic heterocycles. The summed E-state index contributed by atoms with van der Waals surface area (Å²) in [5.41, 5.74) is -0.698. The van der Waals surface area contributed by atoms with Gasteiger partial charge in [0.1, 0.15) is 0 Å². The number of hydroxylamine groups is 2. The van der Waals surface area contributed by atoms with Crippen molar-refractivity contribution in [3.63, 3.8) is 0 Å². The van der Waals surface area contributed by atoms with Crippen molar-refractivity contribution in [2.45, 2.75) is 65.6 Å². The van der Waals surface area contributed by atoms with E-state index in [1.165, 1.54) is 5.06 Å². The standard InChI is InChI=1S/C16H29NO5/c1-7-21-15(19)22-14(9-18)13-8-10(2)11(3)12(4)17(20)16(13,5)6/h9-14,20H,7-8H2,1-6H3. The number of rotatable bonds is 4. The SMILES string of the molecule is CCOC(=O)OC(C=O)C1CC(C)C(C)C(C)N(O)C1(C)C. The quantitative estimate of drug-likeness (QED) is 0.635. The number of carbonyl (C=O) groups is 2. The Hall–Kier alpha value is -1.14. The van der Waals surface area contributed by atoms with Crippen LogP contribution >= 0.6 is 0 Å². The van der Waals surface area contributed by atoms with Crippen LogP contribution in [0.25, 0.3) is 0 Å². The van der Waals surface area contributed by atoms with E-state index in [4.69, 9.17) is 9.47 Å². The molecule has 6 heteroatoms. The number of hydrogen-bond acceptors (Lipinski definition) is 6. The third-order valence-electron chi connectivity index (χ3n) is 5.19. The molecule has 6 nitrogen and oxygen atoms in total. The van der Waals surface area contributed by atoms with Crippen LogP contribution in [0.5, 0.6) is 0 Å². The van der Waals surface area contributed by atoms with Crippen molar-refractivity contribution in [2.75, 3.05) is 6.61 Å². The van der Waals surface area contributed by atoms with Gasteiger partial charge in [-0.05, 0) is 46.0 Å². The zero-order valence-electron chi connectivity index (χ0n) is 14.4. The molecule has 1 saturated heterocycles. The van der Waals surface area contributed by atoms with Crippen LogP contribution in [0.2, 0.25) is 0 Å². The lowest BCUT2D eigenvalue weighted by Crippen LogP contribution is -2.55. The molecule has 1 fully saturated rings. The lowest BCUT2D eigenvalue weighted by atomic mass is 9.77. The lowest BCUT2D eigenvalue weighted by molar-refractivity contribution is -0.215. The van der Waals surface area contributed by atoms with Gasteiger partial charge in [0.2, 0.25) is 0 Å². The summed E-state index contributed by atoms with van der Waals surface area (Å²) in [6.45, 7) is 11.7. The Bertz CT molecular complexity index is 398. The third-order valence-corrected chi connectivity index (χ3v) is 5.19. The van der Waals surface area contributed by atoms with E-state index in [-0.39, 0.29) is 30.4 Å². The maximum atomic E-state index is 11.6. The first kappa shape index (κ1) is 18.9. The molecule has 0 radical (unpaired) electrons. The molecule has 1 rings (SSSR count). The Morgan fingerprint density at radius 3 is 2.50 bits per heavy atom. The fourth-order valence-corrected chi connectivity index (χ4v) is 3.30. The van der Waals surface area contributed by atoms with Crippen molar-refractivity contribution in [2.24, 2.45) is 17.8 Å². The van der Waals surface area contributed by atoms with E-state index < -0.39 is 17.8 Å². The maximum Gasteiger partial charge on any atom is 0.508 e. The summed E-state index contributed by atoms with van der Waals surface area (Å²) >= 11 is 0. The summed E-state index contributed by atoms with van der Waals surface area (Å²) in [5.74, 6) is 0.218. The van der Waals surface area contributed by atoms with Crippen LogP contribution in [0, 0.1) is 17.8 Å². The molecule has 0 saturated carbocycles. The largest absolute Gasteiger partial charge is 0.508 e. The predicted molar refractivity (Wildman–Crippen MR) is 81.6 cm³/mol. The van der Waals surface area contributed by atoms with Crippen LogP contribution in [0.15, 0.2) is 0 Å². The Morgan fingerprint density at radius 2 is 2.00 bits per heavy atom. The number of carbonyl (C=O) groups excluding carboxylic acids is 2. The average Bonchev–Trinajstić information content (AvgIpc) is 2.52. The Kier molecular flexibility index (Phi) is 6.38. The first-order valence-corrected chi connectivity index (χ1v) is 7.93. The van der Waals surface area contributed by atoms with Crippen molar-refractivity contribution < 1.29 is 24.3 Å². The van der Waals surface area contributed by atoms with Gasteiger partial charge in [0, 0.05) is 17.5 Å². The smallest absolute Gasteiger partial charge is 0.435 e. The number of nitrogens with zero attached hydrogens (tertiary/aromatic N) is 1. The minimum atomic E-state index is -0.941. The molecule has 1 heterocycles. The molecule has 128 valence electrons. The Balaban J connectivity index is 3.06. The van der Waals surface area contributed by atoms with Crippen LogP contribution in [-0.2, 0) is 14.3 Å². The van der Waals surface area contributed by atoms with Crippen molar-refractivity contribution in [3.05, 3.63) is 0 Å². The van der Waals surface area contributed by atoms with Crippen LogP contribution < -0.4 is 0 Å². The molecule has 0 amide bonds. The Labute approximate surface area is 132 Å². The normalized spacial score (nSPS) is 33.6. The zero-order valence-corrected chi connectivity index (χ0v) is 14.4. The van der Waals surface area contributed by atoms with Gasteiger partial charge in [-0.1, -0.05) is 13.8 Å². The van der Waals surface area contributed by atoms with Crippen molar-refractivity contribution in [1.82, 2.24) is 5.06 Å². The maximum absolute atomic E-state index is 11.6. The average molecular weight is 315 g/mol. The monoisotopic (exact) mass is 315 g/mol. The van der Waals surface area contributed by atoms with Gasteiger partial charge in [-0.2, -0.15) is 5.06 Å². The van der Waals surface area contributed by atoms with Crippen molar-refractivity contribution >= 4 is 12.4 Å². The van der Waals surface area contributed by atoms with E-state index in [0.29, 0.717) is 12.7 Å². The fraction of sp³-hybridized carbons (Fsp3) is 0.875. The minimum absolute atomic E-state index is 0.0510. The van der Waals surface area contributed by atoms with E-state index in [9.17, 15) is 14.8 Å². The molecule has 22 heavy (non-hydrogen) atoms. The molecular formula is C16H29NO5. The molecule has 1 aliphatic rings. The second kappa shape index (κ2) is 7.42. The van der Waals surface area contributed by atoms with Crippen LogP contribution in [0.3, 0.4) is 0 Å². The van der Waals surface area contributed by atoms with Crippen LogP contribution in [0.4, 0.5) is 4.79 Å². The first-order valence-electron chi connectivity index (χ1n) is 7.93.